The topological polar surface area (TPSA) is 69.4 Å². The van der Waals surface area contributed by atoms with E-state index in [0.717, 1.165) is 0 Å². The van der Waals surface area contributed by atoms with Crippen molar-refractivity contribution in [1.29, 1.82) is 0 Å². The molecule has 70 valence electrons. The molecule has 5 nitrogen and oxygen atoms in total. The second-order valence-electron chi connectivity index (χ2n) is 2.22. The van der Waals surface area contributed by atoms with Crippen LogP contribution in [-0.4, -0.2) is 11.1 Å². The summed E-state index contributed by atoms with van der Waals surface area (Å²) in [6, 6.07) is 8.62. The third-order valence-electron chi connectivity index (χ3n) is 1.24. The van der Waals surface area contributed by atoms with Gasteiger partial charge in [-0.3, -0.25) is 4.79 Å². The van der Waals surface area contributed by atoms with E-state index in [9.17, 15) is 14.9 Å². The fourth-order valence-corrected chi connectivity index (χ4v) is 0.735. The van der Waals surface area contributed by atoms with Crippen LogP contribution >= 0.6 is 0 Å². The predicted octanol–water partition coefficient (Wildman–Crippen LogP) is 0.773. The number of hydrogen-bond acceptors (Lipinski definition) is 4. The number of nitrogens with zero attached hydrogens (tertiary/aromatic N) is 1. The van der Waals surface area contributed by atoms with Gasteiger partial charge >= 0.3 is 11.1 Å². The Morgan fingerprint density at radius 3 is 2.57 bits per heavy atom. The van der Waals surface area contributed by atoms with E-state index < -0.39 is 11.1 Å². The van der Waals surface area contributed by atoms with E-state index in [1.807, 2.05) is 5.92 Å². The third kappa shape index (κ3) is 3.36. The molecule has 1 aromatic rings. The van der Waals surface area contributed by atoms with Gasteiger partial charge in [-0.05, 0) is 12.1 Å². The average Bonchev–Trinajstić information content (AvgIpc) is 2.15. The molecule has 0 spiro atoms. The van der Waals surface area contributed by atoms with Gasteiger partial charge in [0, 0.05) is 11.5 Å². The second kappa shape index (κ2) is 4.62. The first kappa shape index (κ1) is 9.74. The van der Waals surface area contributed by atoms with E-state index in [1.54, 1.807) is 30.3 Å². The predicted molar refractivity (Wildman–Crippen MR) is 46.4 cm³/mol. The van der Waals surface area contributed by atoms with E-state index in [0.29, 0.717) is 5.56 Å². The number of carbonyl (C=O) groups is 1. The van der Waals surface area contributed by atoms with Crippen LogP contribution in [0.2, 0.25) is 0 Å². The van der Waals surface area contributed by atoms with Crippen LogP contribution in [0.5, 0.6) is 0 Å². The summed E-state index contributed by atoms with van der Waals surface area (Å²) >= 11 is 0. The summed E-state index contributed by atoms with van der Waals surface area (Å²) in [6.45, 7) is 0. The Morgan fingerprint density at radius 2 is 2.00 bits per heavy atom. The normalized spacial score (nSPS) is 8.29. The maximum atomic E-state index is 10.6. The lowest BCUT2D eigenvalue weighted by atomic mass is 10.2. The molecule has 0 radical (unpaired) electrons. The zero-order chi connectivity index (χ0) is 10.4. The first-order valence-corrected chi connectivity index (χ1v) is 3.62. The van der Waals surface area contributed by atoms with Gasteiger partial charge in [0.05, 0.1) is 0 Å². The van der Waals surface area contributed by atoms with Gasteiger partial charge in [-0.25, -0.2) is 4.84 Å². The monoisotopic (exact) mass is 191 g/mol. The van der Waals surface area contributed by atoms with Gasteiger partial charge in [0.15, 0.2) is 0 Å². The molecule has 0 aliphatic carbocycles. The Kier molecular flexibility index (Phi) is 3.21. The van der Waals surface area contributed by atoms with Crippen LogP contribution in [0.15, 0.2) is 30.3 Å². The fraction of sp³-hybridized carbons (Fsp3) is 0. The van der Waals surface area contributed by atoms with Crippen molar-refractivity contribution in [2.45, 2.75) is 0 Å². The van der Waals surface area contributed by atoms with Crippen molar-refractivity contribution in [2.75, 3.05) is 0 Å². The summed E-state index contributed by atoms with van der Waals surface area (Å²) in [6.07, 6.45) is 0. The molecule has 0 heterocycles. The van der Waals surface area contributed by atoms with E-state index in [-0.39, 0.29) is 0 Å². The molecule has 0 N–H and O–H groups in total. The molecular formula is C9H5NO4. The number of carbonyl (C=O) groups excluding carboxylic acids is 1. The third-order valence-corrected chi connectivity index (χ3v) is 1.24. The highest BCUT2D eigenvalue weighted by Crippen LogP contribution is 1.94. The zero-order valence-electron chi connectivity index (χ0n) is 6.97. The minimum absolute atomic E-state index is 0.591. The molecule has 1 rings (SSSR count). The van der Waals surface area contributed by atoms with Gasteiger partial charge in [0.1, 0.15) is 0 Å². The number of hydrogen-bond donors (Lipinski definition) is 0. The molecule has 14 heavy (non-hydrogen) atoms. The van der Waals surface area contributed by atoms with Gasteiger partial charge < -0.3 is 0 Å². The second-order valence-corrected chi connectivity index (χ2v) is 2.22. The van der Waals surface area contributed by atoms with Crippen LogP contribution in [0, 0.1) is 22.0 Å². The first-order chi connectivity index (χ1) is 6.68. The Hall–Kier alpha value is -2.35. The van der Waals surface area contributed by atoms with Crippen molar-refractivity contribution in [2.24, 2.45) is 0 Å². The molecule has 1 aromatic carbocycles. The van der Waals surface area contributed by atoms with E-state index in [4.69, 9.17) is 0 Å². The van der Waals surface area contributed by atoms with Crippen LogP contribution in [0.4, 0.5) is 0 Å². The van der Waals surface area contributed by atoms with Crippen molar-refractivity contribution < 1.29 is 14.7 Å². The van der Waals surface area contributed by atoms with Crippen LogP contribution in [0.3, 0.4) is 0 Å². The molecule has 0 saturated heterocycles. The van der Waals surface area contributed by atoms with Gasteiger partial charge in [0.25, 0.3) is 0 Å². The molecule has 0 aliphatic heterocycles. The smallest absolute Gasteiger partial charge is 0.253 e. The summed E-state index contributed by atoms with van der Waals surface area (Å²) in [7, 11) is 0. The maximum Gasteiger partial charge on any atom is 0.378 e. The molecule has 0 aliphatic rings. The Labute approximate surface area is 79.4 Å². The van der Waals surface area contributed by atoms with Gasteiger partial charge in [-0.1, -0.05) is 24.1 Å². The van der Waals surface area contributed by atoms with Crippen molar-refractivity contribution in [3.63, 3.8) is 0 Å². The molecule has 0 saturated carbocycles. The highest BCUT2D eigenvalue weighted by molar-refractivity contribution is 5.88. The standard InChI is InChI=1S/C9H5NO4/c11-9(14-10(12)13)7-6-8-4-2-1-3-5-8/h1-5H. The quantitative estimate of drug-likeness (QED) is 0.373. The van der Waals surface area contributed by atoms with Gasteiger partial charge in [-0.15, -0.1) is 10.1 Å². The Morgan fingerprint density at radius 1 is 1.36 bits per heavy atom. The highest BCUT2D eigenvalue weighted by atomic mass is 17.0. The van der Waals surface area contributed by atoms with Gasteiger partial charge in [-0.2, -0.15) is 0 Å². The Bertz CT molecular complexity index is 402. The first-order valence-electron chi connectivity index (χ1n) is 3.62. The molecule has 0 aromatic heterocycles. The Balaban J connectivity index is 2.65. The molecule has 0 unspecified atom stereocenters. The van der Waals surface area contributed by atoms with Crippen molar-refractivity contribution in [3.8, 4) is 11.8 Å². The molecule has 0 fully saturated rings. The summed E-state index contributed by atoms with van der Waals surface area (Å²) < 4.78 is 0. The zero-order valence-corrected chi connectivity index (χ0v) is 6.97. The number of rotatable bonds is 1. The summed E-state index contributed by atoms with van der Waals surface area (Å²) in [5, 5.41) is 8.52. The lowest BCUT2D eigenvalue weighted by molar-refractivity contribution is -0.728. The molecule has 5 heteroatoms. The molecule has 0 amide bonds. The van der Waals surface area contributed by atoms with Crippen LogP contribution in [0.25, 0.3) is 0 Å². The minimum Gasteiger partial charge on any atom is -0.253 e. The molecule has 0 atom stereocenters. The summed E-state index contributed by atoms with van der Waals surface area (Å²) in [4.78, 5) is 23.9. The fourth-order valence-electron chi connectivity index (χ4n) is 0.735. The van der Waals surface area contributed by atoms with Crippen molar-refractivity contribution in [3.05, 3.63) is 46.0 Å². The lowest BCUT2D eigenvalue weighted by Gasteiger charge is -1.87. The number of benzene rings is 1. The lowest BCUT2D eigenvalue weighted by Crippen LogP contribution is -2.07. The molecular weight excluding hydrogens is 186 g/mol. The summed E-state index contributed by atoms with van der Waals surface area (Å²) in [5.41, 5.74) is 0.591. The van der Waals surface area contributed by atoms with E-state index >= 15 is 0 Å². The van der Waals surface area contributed by atoms with Crippen LogP contribution < -0.4 is 0 Å². The van der Waals surface area contributed by atoms with Crippen LogP contribution in [-0.2, 0) is 9.63 Å². The maximum absolute atomic E-state index is 10.6. The molecule has 0 bridgehead atoms. The minimum atomic E-state index is -1.19. The average molecular weight is 191 g/mol. The van der Waals surface area contributed by atoms with E-state index in [2.05, 4.69) is 10.8 Å². The van der Waals surface area contributed by atoms with E-state index in [1.165, 1.54) is 0 Å². The SMILES string of the molecule is O=C(C#Cc1ccccc1)O[N+](=O)[O-]. The largest absolute Gasteiger partial charge is 0.378 e. The van der Waals surface area contributed by atoms with Crippen LogP contribution in [0.1, 0.15) is 5.56 Å². The highest BCUT2D eigenvalue weighted by Gasteiger charge is 2.01. The summed E-state index contributed by atoms with van der Waals surface area (Å²) in [5.74, 6) is 3.22. The van der Waals surface area contributed by atoms with Crippen molar-refractivity contribution in [1.82, 2.24) is 0 Å². The van der Waals surface area contributed by atoms with Gasteiger partial charge in [0.2, 0.25) is 0 Å². The van der Waals surface area contributed by atoms with Crippen molar-refractivity contribution >= 4 is 5.97 Å².